The fourth-order valence-electron chi connectivity index (χ4n) is 3.55. The molecule has 1 amide bonds. The van der Waals surface area contributed by atoms with E-state index in [-0.39, 0.29) is 5.91 Å². The van der Waals surface area contributed by atoms with Gasteiger partial charge in [-0.1, -0.05) is 29.8 Å². The number of nitrogens with zero attached hydrogens (tertiary/aromatic N) is 2. The highest BCUT2D eigenvalue weighted by Crippen LogP contribution is 2.28. The van der Waals surface area contributed by atoms with Crippen molar-refractivity contribution in [1.82, 2.24) is 14.9 Å². The number of H-pyrrole nitrogens is 1. The van der Waals surface area contributed by atoms with Crippen molar-refractivity contribution < 1.29 is 4.79 Å². The van der Waals surface area contributed by atoms with E-state index in [0.717, 1.165) is 23.0 Å². The van der Waals surface area contributed by atoms with Gasteiger partial charge in [0, 0.05) is 35.9 Å². The zero-order valence-corrected chi connectivity index (χ0v) is 15.6. The summed E-state index contributed by atoms with van der Waals surface area (Å²) in [7, 11) is 0. The molecular formula is C21H21ClN4O. The van der Waals surface area contributed by atoms with E-state index in [0.29, 0.717) is 24.5 Å². The predicted molar refractivity (Wildman–Crippen MR) is 108 cm³/mol. The molecule has 2 aromatic heterocycles. The summed E-state index contributed by atoms with van der Waals surface area (Å²) in [4.78, 5) is 22.0. The van der Waals surface area contributed by atoms with E-state index in [2.05, 4.69) is 16.0 Å². The van der Waals surface area contributed by atoms with Crippen LogP contribution in [0.1, 0.15) is 17.5 Å². The molecule has 5 nitrogen and oxygen atoms in total. The number of nitrogens with two attached hydrogens (primary N) is 1. The van der Waals surface area contributed by atoms with Gasteiger partial charge in [0.15, 0.2) is 0 Å². The summed E-state index contributed by atoms with van der Waals surface area (Å²) in [5, 5.41) is 1.79. The molecule has 3 aromatic rings. The molecule has 27 heavy (non-hydrogen) atoms. The van der Waals surface area contributed by atoms with Crippen molar-refractivity contribution in [2.75, 3.05) is 13.1 Å². The molecule has 0 spiro atoms. The molecule has 3 N–H and O–H groups in total. The number of aromatic amines is 1. The van der Waals surface area contributed by atoms with E-state index < -0.39 is 6.04 Å². The summed E-state index contributed by atoms with van der Waals surface area (Å²) in [6.45, 7) is 1.25. The first-order valence-electron chi connectivity index (χ1n) is 9.02. The van der Waals surface area contributed by atoms with Crippen LogP contribution in [-0.2, 0) is 11.2 Å². The predicted octanol–water partition coefficient (Wildman–Crippen LogP) is 3.40. The fraction of sp³-hybridized carbons (Fsp3) is 0.238. The second-order valence-corrected chi connectivity index (χ2v) is 7.24. The summed E-state index contributed by atoms with van der Waals surface area (Å²) in [6.07, 6.45) is 7.16. The van der Waals surface area contributed by atoms with Gasteiger partial charge in [0.05, 0.1) is 6.04 Å². The van der Waals surface area contributed by atoms with Gasteiger partial charge in [-0.05, 0) is 53.8 Å². The number of pyridine rings is 1. The molecule has 3 heterocycles. The minimum atomic E-state index is -0.543. The van der Waals surface area contributed by atoms with Crippen LogP contribution < -0.4 is 5.73 Å². The van der Waals surface area contributed by atoms with Crippen LogP contribution in [0, 0.1) is 0 Å². The Kier molecular flexibility index (Phi) is 4.97. The molecule has 138 valence electrons. The maximum Gasteiger partial charge on any atom is 0.240 e. The van der Waals surface area contributed by atoms with Gasteiger partial charge in [0.25, 0.3) is 0 Å². The molecule has 1 aliphatic rings. The van der Waals surface area contributed by atoms with Crippen molar-refractivity contribution in [3.05, 3.63) is 71.0 Å². The summed E-state index contributed by atoms with van der Waals surface area (Å²) in [5.74, 6) is -0.0123. The summed E-state index contributed by atoms with van der Waals surface area (Å²) in [5.41, 5.74) is 10.5. The van der Waals surface area contributed by atoms with Crippen LogP contribution in [-0.4, -0.2) is 39.9 Å². The lowest BCUT2D eigenvalue weighted by Crippen LogP contribution is -2.46. The number of amides is 1. The van der Waals surface area contributed by atoms with E-state index in [1.807, 2.05) is 53.7 Å². The molecule has 0 bridgehead atoms. The second kappa shape index (κ2) is 7.55. The maximum absolute atomic E-state index is 12.7. The molecule has 0 radical (unpaired) electrons. The highest BCUT2D eigenvalue weighted by Gasteiger charge is 2.24. The first-order chi connectivity index (χ1) is 13.1. The van der Waals surface area contributed by atoms with Crippen molar-refractivity contribution >= 4 is 34.1 Å². The van der Waals surface area contributed by atoms with Crippen LogP contribution in [0.3, 0.4) is 0 Å². The Morgan fingerprint density at radius 2 is 2.07 bits per heavy atom. The Labute approximate surface area is 162 Å². The number of carbonyl (C=O) groups is 1. The Hall–Kier alpha value is -2.63. The number of rotatable bonds is 4. The fourth-order valence-corrected chi connectivity index (χ4v) is 3.68. The Bertz CT molecular complexity index is 993. The number of hydrogen-bond donors (Lipinski definition) is 2. The SMILES string of the molecule is N[C@H](Cc1ccc(Cl)cc1)C(=O)N1CC=C(c2ccnc3[nH]ccc23)CC1. The van der Waals surface area contributed by atoms with Crippen LogP contribution >= 0.6 is 11.6 Å². The van der Waals surface area contributed by atoms with Crippen molar-refractivity contribution in [3.63, 3.8) is 0 Å². The lowest BCUT2D eigenvalue weighted by molar-refractivity contribution is -0.132. The molecule has 4 rings (SSSR count). The zero-order chi connectivity index (χ0) is 18.8. The average molecular weight is 381 g/mol. The third-order valence-electron chi connectivity index (χ3n) is 5.01. The van der Waals surface area contributed by atoms with Gasteiger partial charge < -0.3 is 15.6 Å². The van der Waals surface area contributed by atoms with Gasteiger partial charge in [-0.3, -0.25) is 4.79 Å². The molecule has 0 unspecified atom stereocenters. The second-order valence-electron chi connectivity index (χ2n) is 6.80. The number of halogens is 1. The standard InChI is InChI=1S/C21H21ClN4O/c22-16-3-1-14(2-4-16)13-19(23)21(27)26-11-7-15(8-12-26)17-5-9-24-20-18(17)6-10-25-20/h1-7,9-10,19H,8,11-13,23H2,(H,24,25)/t19-/m1/s1. The van der Waals surface area contributed by atoms with Crippen LogP contribution in [0.25, 0.3) is 16.6 Å². The Balaban J connectivity index is 1.44. The lowest BCUT2D eigenvalue weighted by atomic mass is 9.97. The number of benzene rings is 1. The first-order valence-corrected chi connectivity index (χ1v) is 9.40. The summed E-state index contributed by atoms with van der Waals surface area (Å²) in [6, 6.07) is 11.0. The van der Waals surface area contributed by atoms with Crippen molar-refractivity contribution in [1.29, 1.82) is 0 Å². The lowest BCUT2D eigenvalue weighted by Gasteiger charge is -2.29. The third-order valence-corrected chi connectivity index (χ3v) is 5.26. The summed E-state index contributed by atoms with van der Waals surface area (Å²) >= 11 is 5.91. The highest BCUT2D eigenvalue weighted by molar-refractivity contribution is 6.30. The number of nitrogens with one attached hydrogen (secondary N) is 1. The van der Waals surface area contributed by atoms with Crippen molar-refractivity contribution in [2.24, 2.45) is 5.73 Å². The minimum Gasteiger partial charge on any atom is -0.346 e. The quantitative estimate of drug-likeness (QED) is 0.728. The number of aromatic nitrogens is 2. The Morgan fingerprint density at radius 1 is 1.26 bits per heavy atom. The van der Waals surface area contributed by atoms with E-state index in [4.69, 9.17) is 17.3 Å². The molecule has 6 heteroatoms. The molecule has 1 aromatic carbocycles. The van der Waals surface area contributed by atoms with Gasteiger partial charge in [-0.25, -0.2) is 4.98 Å². The topological polar surface area (TPSA) is 75.0 Å². The molecule has 0 aliphatic carbocycles. The maximum atomic E-state index is 12.7. The Morgan fingerprint density at radius 3 is 2.81 bits per heavy atom. The van der Waals surface area contributed by atoms with E-state index in [9.17, 15) is 4.79 Å². The number of hydrogen-bond acceptors (Lipinski definition) is 3. The van der Waals surface area contributed by atoms with Crippen LogP contribution in [0.5, 0.6) is 0 Å². The minimum absolute atomic E-state index is 0.0123. The van der Waals surface area contributed by atoms with Crippen LogP contribution in [0.2, 0.25) is 5.02 Å². The number of fused-ring (bicyclic) bond motifs is 1. The van der Waals surface area contributed by atoms with Gasteiger partial charge in [-0.2, -0.15) is 0 Å². The van der Waals surface area contributed by atoms with E-state index in [1.165, 1.54) is 11.1 Å². The molecule has 0 saturated carbocycles. The van der Waals surface area contributed by atoms with E-state index >= 15 is 0 Å². The van der Waals surface area contributed by atoms with Crippen molar-refractivity contribution in [3.8, 4) is 0 Å². The molecule has 1 atom stereocenters. The van der Waals surface area contributed by atoms with Crippen LogP contribution in [0.15, 0.2) is 54.9 Å². The number of carbonyl (C=O) groups excluding carboxylic acids is 1. The molecule has 0 saturated heterocycles. The first kappa shape index (κ1) is 17.8. The molecular weight excluding hydrogens is 360 g/mol. The van der Waals surface area contributed by atoms with E-state index in [1.54, 1.807) is 0 Å². The smallest absolute Gasteiger partial charge is 0.240 e. The zero-order valence-electron chi connectivity index (χ0n) is 14.9. The normalized spacial score (nSPS) is 15.6. The highest BCUT2D eigenvalue weighted by atomic mass is 35.5. The van der Waals surface area contributed by atoms with Gasteiger partial charge >= 0.3 is 0 Å². The van der Waals surface area contributed by atoms with Crippen LogP contribution in [0.4, 0.5) is 0 Å². The average Bonchev–Trinajstić information content (AvgIpc) is 3.18. The largest absolute Gasteiger partial charge is 0.346 e. The summed E-state index contributed by atoms with van der Waals surface area (Å²) < 4.78 is 0. The van der Waals surface area contributed by atoms with Gasteiger partial charge in [-0.15, -0.1) is 0 Å². The molecule has 0 fully saturated rings. The third kappa shape index (κ3) is 3.75. The molecule has 1 aliphatic heterocycles. The van der Waals surface area contributed by atoms with Crippen molar-refractivity contribution in [2.45, 2.75) is 18.9 Å². The van der Waals surface area contributed by atoms with Gasteiger partial charge in [0.1, 0.15) is 5.65 Å². The monoisotopic (exact) mass is 380 g/mol. The van der Waals surface area contributed by atoms with Gasteiger partial charge in [0.2, 0.25) is 5.91 Å².